The van der Waals surface area contributed by atoms with E-state index in [0.29, 0.717) is 5.69 Å². The number of hydrogen-bond acceptors (Lipinski definition) is 3. The zero-order valence-corrected chi connectivity index (χ0v) is 16.1. The van der Waals surface area contributed by atoms with E-state index in [1.165, 1.54) is 38.9 Å². The average Bonchev–Trinajstić information content (AvgIpc) is 3.24. The van der Waals surface area contributed by atoms with Crippen molar-refractivity contribution in [1.29, 1.82) is 0 Å². The summed E-state index contributed by atoms with van der Waals surface area (Å²) in [6, 6.07) is 21.4. The van der Waals surface area contributed by atoms with Gasteiger partial charge in [0.2, 0.25) is 0 Å². The first-order chi connectivity index (χ1) is 13.7. The lowest BCUT2D eigenvalue weighted by Crippen LogP contribution is -2.57. The summed E-state index contributed by atoms with van der Waals surface area (Å²) in [7, 11) is 0. The van der Waals surface area contributed by atoms with E-state index in [4.69, 9.17) is 4.52 Å². The zero-order valence-electron chi connectivity index (χ0n) is 16.1. The van der Waals surface area contributed by atoms with E-state index in [-0.39, 0.29) is 0 Å². The standard InChI is InChI=1S/C24H27N2O2/c27-24(20-7-3-1-4-8-20,21-9-5-2-6-10-21)23-17-22(28-25-23)18-26-14-11-19(12-15-26)13-16-26/h1-10,17,19,27H,11-16,18H2/q+1. The third-order valence-corrected chi connectivity index (χ3v) is 6.84. The predicted octanol–water partition coefficient (Wildman–Crippen LogP) is 4.09. The summed E-state index contributed by atoms with van der Waals surface area (Å²) in [5, 5.41) is 16.2. The van der Waals surface area contributed by atoms with Crippen LogP contribution in [0.15, 0.2) is 71.3 Å². The van der Waals surface area contributed by atoms with Crippen molar-refractivity contribution in [3.8, 4) is 0 Å². The molecule has 0 unspecified atom stereocenters. The second-order valence-corrected chi connectivity index (χ2v) is 8.52. The predicted molar refractivity (Wildman–Crippen MR) is 107 cm³/mol. The van der Waals surface area contributed by atoms with E-state index >= 15 is 0 Å². The molecule has 1 aromatic heterocycles. The Bertz CT molecular complexity index is 874. The minimum Gasteiger partial charge on any atom is -0.374 e. The van der Waals surface area contributed by atoms with Gasteiger partial charge in [-0.05, 0) is 36.3 Å². The molecular formula is C24H27N2O2+. The quantitative estimate of drug-likeness (QED) is 0.683. The van der Waals surface area contributed by atoms with Crippen molar-refractivity contribution in [2.45, 2.75) is 31.4 Å². The van der Waals surface area contributed by atoms with Crippen LogP contribution in [-0.2, 0) is 12.1 Å². The number of nitrogens with zero attached hydrogens (tertiary/aromatic N) is 2. The van der Waals surface area contributed by atoms with Gasteiger partial charge in [-0.1, -0.05) is 65.8 Å². The highest BCUT2D eigenvalue weighted by atomic mass is 16.5. The Balaban J connectivity index is 1.51. The highest BCUT2D eigenvalue weighted by molar-refractivity contribution is 5.44. The number of rotatable bonds is 5. The van der Waals surface area contributed by atoms with Crippen LogP contribution in [0.3, 0.4) is 0 Å². The molecule has 0 aliphatic carbocycles. The van der Waals surface area contributed by atoms with Crippen LogP contribution in [0, 0.1) is 5.92 Å². The van der Waals surface area contributed by atoms with Crippen LogP contribution in [0.2, 0.25) is 0 Å². The van der Waals surface area contributed by atoms with Crippen LogP contribution < -0.4 is 0 Å². The van der Waals surface area contributed by atoms with Gasteiger partial charge in [-0.2, -0.15) is 0 Å². The van der Waals surface area contributed by atoms with Gasteiger partial charge in [-0.25, -0.2) is 0 Å². The number of quaternary nitrogens is 1. The second kappa shape index (κ2) is 6.87. The molecule has 0 spiro atoms. The molecule has 3 aliphatic rings. The van der Waals surface area contributed by atoms with Crippen molar-refractivity contribution in [2.24, 2.45) is 5.92 Å². The number of benzene rings is 2. The van der Waals surface area contributed by atoms with Crippen LogP contribution in [0.1, 0.15) is 41.8 Å². The Labute approximate surface area is 166 Å². The first kappa shape index (κ1) is 17.7. The number of piperidine rings is 3. The minimum absolute atomic E-state index is 0.560. The molecule has 6 rings (SSSR count). The molecule has 2 aromatic carbocycles. The lowest BCUT2D eigenvalue weighted by Gasteiger charge is -2.48. The van der Waals surface area contributed by atoms with Gasteiger partial charge in [0.1, 0.15) is 12.2 Å². The molecule has 144 valence electrons. The summed E-state index contributed by atoms with van der Waals surface area (Å²) in [4.78, 5) is 0. The molecule has 0 radical (unpaired) electrons. The van der Waals surface area contributed by atoms with E-state index < -0.39 is 5.60 Å². The fourth-order valence-electron chi connectivity index (χ4n) is 5.08. The first-order valence-corrected chi connectivity index (χ1v) is 10.3. The van der Waals surface area contributed by atoms with Gasteiger partial charge in [0.25, 0.3) is 0 Å². The van der Waals surface area contributed by atoms with E-state index in [2.05, 4.69) is 5.16 Å². The van der Waals surface area contributed by atoms with Crippen molar-refractivity contribution in [3.63, 3.8) is 0 Å². The molecular weight excluding hydrogens is 348 g/mol. The Morgan fingerprint density at radius 2 is 1.43 bits per heavy atom. The molecule has 3 aliphatic heterocycles. The average molecular weight is 375 g/mol. The van der Waals surface area contributed by atoms with Crippen molar-refractivity contribution in [1.82, 2.24) is 5.16 Å². The monoisotopic (exact) mass is 375 g/mol. The van der Waals surface area contributed by atoms with Gasteiger partial charge in [0.05, 0.1) is 19.6 Å². The van der Waals surface area contributed by atoms with Crippen LogP contribution >= 0.6 is 0 Å². The molecule has 1 N–H and O–H groups in total. The van der Waals surface area contributed by atoms with Crippen LogP contribution in [0.5, 0.6) is 0 Å². The Morgan fingerprint density at radius 1 is 0.893 bits per heavy atom. The summed E-state index contributed by atoms with van der Waals surface area (Å²) in [6.07, 6.45) is 4.00. The highest BCUT2D eigenvalue weighted by Gasteiger charge is 2.42. The van der Waals surface area contributed by atoms with Gasteiger partial charge in [-0.15, -0.1) is 0 Å². The number of aromatic nitrogens is 1. The topological polar surface area (TPSA) is 46.3 Å². The molecule has 3 saturated heterocycles. The van der Waals surface area contributed by atoms with Crippen LogP contribution in [-0.4, -0.2) is 34.4 Å². The number of hydrogen-bond donors (Lipinski definition) is 1. The highest BCUT2D eigenvalue weighted by Crippen LogP contribution is 2.38. The first-order valence-electron chi connectivity index (χ1n) is 10.3. The minimum atomic E-state index is -1.32. The molecule has 3 fully saturated rings. The molecule has 0 saturated carbocycles. The maximum absolute atomic E-state index is 11.8. The van der Waals surface area contributed by atoms with Crippen LogP contribution in [0.4, 0.5) is 0 Å². The molecule has 3 aromatic rings. The molecule has 4 heterocycles. The van der Waals surface area contributed by atoms with E-state index in [0.717, 1.165) is 33.8 Å². The Hall–Kier alpha value is -2.43. The van der Waals surface area contributed by atoms with Gasteiger partial charge >= 0.3 is 0 Å². The van der Waals surface area contributed by atoms with Crippen molar-refractivity contribution in [3.05, 3.63) is 89.3 Å². The lowest BCUT2D eigenvalue weighted by molar-refractivity contribution is -0.955. The van der Waals surface area contributed by atoms with E-state index in [9.17, 15) is 5.11 Å². The van der Waals surface area contributed by atoms with Gasteiger partial charge in [-0.3, -0.25) is 0 Å². The largest absolute Gasteiger partial charge is 0.374 e. The normalized spacial score (nSPS) is 24.4. The van der Waals surface area contributed by atoms with E-state index in [1.54, 1.807) is 0 Å². The fraction of sp³-hybridized carbons (Fsp3) is 0.375. The number of fused-ring (bicyclic) bond motifs is 3. The summed E-state index contributed by atoms with van der Waals surface area (Å²) >= 11 is 0. The van der Waals surface area contributed by atoms with Gasteiger partial charge in [0.15, 0.2) is 11.4 Å². The SMILES string of the molecule is OC(c1ccccc1)(c1ccccc1)c1cc(C[N+]23CCC(CC2)CC3)on1. The van der Waals surface area contributed by atoms with Gasteiger partial charge < -0.3 is 14.1 Å². The third-order valence-electron chi connectivity index (χ3n) is 6.84. The summed E-state index contributed by atoms with van der Waals surface area (Å²) in [5.74, 6) is 1.81. The van der Waals surface area contributed by atoms with Crippen molar-refractivity contribution < 1.29 is 14.1 Å². The Morgan fingerprint density at radius 3 is 1.96 bits per heavy atom. The molecule has 4 heteroatoms. The maximum atomic E-state index is 11.8. The fourth-order valence-corrected chi connectivity index (χ4v) is 5.08. The third kappa shape index (κ3) is 2.97. The second-order valence-electron chi connectivity index (χ2n) is 8.52. The summed E-state index contributed by atoms with van der Waals surface area (Å²) < 4.78 is 6.89. The smallest absolute Gasteiger partial charge is 0.191 e. The number of aliphatic hydroxyl groups is 1. The van der Waals surface area contributed by atoms with Crippen molar-refractivity contribution >= 4 is 0 Å². The maximum Gasteiger partial charge on any atom is 0.191 e. The van der Waals surface area contributed by atoms with Gasteiger partial charge in [0, 0.05) is 6.07 Å². The summed E-state index contributed by atoms with van der Waals surface area (Å²) in [5.41, 5.74) is 0.836. The van der Waals surface area contributed by atoms with Crippen molar-refractivity contribution in [2.75, 3.05) is 19.6 Å². The van der Waals surface area contributed by atoms with Crippen LogP contribution in [0.25, 0.3) is 0 Å². The molecule has 28 heavy (non-hydrogen) atoms. The molecule has 0 amide bonds. The molecule has 2 bridgehead atoms. The zero-order chi connectivity index (χ0) is 19.0. The van der Waals surface area contributed by atoms with E-state index in [1.807, 2.05) is 66.7 Å². The Kier molecular flexibility index (Phi) is 4.33. The molecule has 0 atom stereocenters. The lowest BCUT2D eigenvalue weighted by atomic mass is 9.83. The molecule has 4 nitrogen and oxygen atoms in total. The summed E-state index contributed by atoms with van der Waals surface area (Å²) in [6.45, 7) is 4.59.